The van der Waals surface area contributed by atoms with Gasteiger partial charge in [-0.05, 0) is 12.5 Å². The molecule has 0 aliphatic heterocycles. The summed E-state index contributed by atoms with van der Waals surface area (Å²) in [5.41, 5.74) is 3.78. The Morgan fingerprint density at radius 1 is 1.16 bits per heavy atom. The van der Waals surface area contributed by atoms with Crippen molar-refractivity contribution in [2.75, 3.05) is 19.8 Å². The average Bonchev–Trinajstić information content (AvgIpc) is 2.45. The van der Waals surface area contributed by atoms with Crippen LogP contribution in [0.4, 0.5) is 0 Å². The molecule has 0 bridgehead atoms. The van der Waals surface area contributed by atoms with Gasteiger partial charge < -0.3 is 26.4 Å². The highest BCUT2D eigenvalue weighted by molar-refractivity contribution is 5.87. The number of aliphatic hydroxyl groups excluding tert-OH is 3. The van der Waals surface area contributed by atoms with Crippen LogP contribution in [0.1, 0.15) is 12.5 Å². The van der Waals surface area contributed by atoms with E-state index < -0.39 is 36.8 Å². The summed E-state index contributed by atoms with van der Waals surface area (Å²) in [6.07, 6.45) is 0. The van der Waals surface area contributed by atoms with Crippen molar-refractivity contribution in [2.45, 2.75) is 18.0 Å². The van der Waals surface area contributed by atoms with Gasteiger partial charge in [0.15, 0.2) is 0 Å². The number of nitrogens with two attached hydrogens (primary N) is 1. The first-order valence-electron chi connectivity index (χ1n) is 5.91. The summed E-state index contributed by atoms with van der Waals surface area (Å²) < 4.78 is 0. The van der Waals surface area contributed by atoms with E-state index in [-0.39, 0.29) is 0 Å². The molecule has 0 saturated carbocycles. The molecule has 1 aromatic rings. The maximum absolute atomic E-state index is 12.2. The van der Waals surface area contributed by atoms with Crippen LogP contribution in [0.2, 0.25) is 0 Å². The lowest BCUT2D eigenvalue weighted by Crippen LogP contribution is -2.62. The molecular weight excluding hydrogens is 248 g/mol. The summed E-state index contributed by atoms with van der Waals surface area (Å²) in [5, 5.41) is 30.0. The van der Waals surface area contributed by atoms with Gasteiger partial charge in [0.25, 0.3) is 0 Å². The highest BCUT2D eigenvalue weighted by Gasteiger charge is 2.37. The van der Waals surface area contributed by atoms with Gasteiger partial charge >= 0.3 is 0 Å². The molecule has 0 heterocycles. The third-order valence-corrected chi connectivity index (χ3v) is 3.13. The molecule has 0 aromatic heterocycles. The predicted molar refractivity (Wildman–Crippen MR) is 70.1 cm³/mol. The molecule has 0 fully saturated rings. The summed E-state index contributed by atoms with van der Waals surface area (Å²) in [7, 11) is 0. The predicted octanol–water partition coefficient (Wildman–Crippen LogP) is -1.31. The largest absolute Gasteiger partial charge is 0.394 e. The third kappa shape index (κ3) is 3.30. The summed E-state index contributed by atoms with van der Waals surface area (Å²) >= 11 is 0. The zero-order valence-corrected chi connectivity index (χ0v) is 10.8. The molecule has 6 N–H and O–H groups in total. The number of hydrogen-bond donors (Lipinski definition) is 5. The second-order valence-electron chi connectivity index (χ2n) is 4.78. The minimum absolute atomic E-state index is 0.587. The molecule has 19 heavy (non-hydrogen) atoms. The molecule has 1 unspecified atom stereocenters. The molecule has 0 aliphatic carbocycles. The molecule has 0 saturated heterocycles. The van der Waals surface area contributed by atoms with Crippen LogP contribution in [-0.2, 0) is 10.3 Å². The molecule has 106 valence electrons. The van der Waals surface area contributed by atoms with Gasteiger partial charge in [0.05, 0.1) is 19.8 Å². The summed E-state index contributed by atoms with van der Waals surface area (Å²) in [4.78, 5) is 12.2. The first kappa shape index (κ1) is 15.6. The van der Waals surface area contributed by atoms with Gasteiger partial charge in [0, 0.05) is 0 Å². The van der Waals surface area contributed by atoms with E-state index >= 15 is 0 Å². The second kappa shape index (κ2) is 6.12. The van der Waals surface area contributed by atoms with Crippen molar-refractivity contribution in [3.8, 4) is 0 Å². The van der Waals surface area contributed by atoms with Gasteiger partial charge in [0.1, 0.15) is 11.1 Å². The number of nitrogens with one attached hydrogen (secondary N) is 1. The fourth-order valence-electron chi connectivity index (χ4n) is 1.55. The number of carbonyl (C=O) groups is 1. The van der Waals surface area contributed by atoms with Gasteiger partial charge in [-0.1, -0.05) is 30.3 Å². The lowest BCUT2D eigenvalue weighted by molar-refractivity contribution is -0.130. The Hall–Kier alpha value is -1.47. The molecule has 0 radical (unpaired) electrons. The van der Waals surface area contributed by atoms with Crippen LogP contribution in [-0.4, -0.2) is 46.6 Å². The van der Waals surface area contributed by atoms with Crippen LogP contribution < -0.4 is 11.1 Å². The molecule has 6 nitrogen and oxygen atoms in total. The monoisotopic (exact) mass is 268 g/mol. The number of carbonyl (C=O) groups excluding carboxylic acids is 1. The molecule has 0 aliphatic rings. The van der Waals surface area contributed by atoms with Crippen LogP contribution >= 0.6 is 0 Å². The van der Waals surface area contributed by atoms with Gasteiger partial charge in [-0.25, -0.2) is 0 Å². The number of amides is 1. The van der Waals surface area contributed by atoms with E-state index in [4.69, 9.17) is 5.73 Å². The average molecular weight is 268 g/mol. The van der Waals surface area contributed by atoms with Crippen molar-refractivity contribution in [3.05, 3.63) is 35.9 Å². The van der Waals surface area contributed by atoms with Crippen molar-refractivity contribution in [1.82, 2.24) is 5.32 Å². The Balaban J connectivity index is 2.94. The SMILES string of the molecule is CC(N)(C(=O)NC(CO)(CO)CO)c1ccccc1. The number of aliphatic hydroxyl groups is 3. The van der Waals surface area contributed by atoms with Crippen molar-refractivity contribution in [1.29, 1.82) is 0 Å². The summed E-state index contributed by atoms with van der Waals surface area (Å²) in [6.45, 7) is -0.238. The Kier molecular flexibility index (Phi) is 5.02. The minimum atomic E-state index is -1.48. The lowest BCUT2D eigenvalue weighted by atomic mass is 9.90. The van der Waals surface area contributed by atoms with Gasteiger partial charge in [0.2, 0.25) is 5.91 Å². The molecule has 1 rings (SSSR count). The van der Waals surface area contributed by atoms with E-state index in [1.807, 2.05) is 0 Å². The first-order chi connectivity index (χ1) is 8.91. The smallest absolute Gasteiger partial charge is 0.245 e. The van der Waals surface area contributed by atoms with E-state index in [9.17, 15) is 20.1 Å². The molecule has 1 atom stereocenters. The fourth-order valence-corrected chi connectivity index (χ4v) is 1.55. The Morgan fingerprint density at radius 2 is 1.63 bits per heavy atom. The summed E-state index contributed by atoms with van der Waals surface area (Å²) in [6, 6.07) is 8.73. The Morgan fingerprint density at radius 3 is 2.05 bits per heavy atom. The quantitative estimate of drug-likeness (QED) is 0.439. The molecular formula is C13H20N2O4. The Labute approximate surface area is 111 Å². The van der Waals surface area contributed by atoms with Gasteiger partial charge in [-0.3, -0.25) is 4.79 Å². The number of hydrogen-bond acceptors (Lipinski definition) is 5. The molecule has 6 heteroatoms. The number of rotatable bonds is 6. The first-order valence-corrected chi connectivity index (χ1v) is 5.91. The molecule has 0 spiro atoms. The van der Waals surface area contributed by atoms with E-state index in [2.05, 4.69) is 5.32 Å². The van der Waals surface area contributed by atoms with Crippen molar-refractivity contribution in [2.24, 2.45) is 5.73 Å². The highest BCUT2D eigenvalue weighted by Crippen LogP contribution is 2.18. The van der Waals surface area contributed by atoms with E-state index in [1.165, 1.54) is 6.92 Å². The second-order valence-corrected chi connectivity index (χ2v) is 4.78. The van der Waals surface area contributed by atoms with Crippen LogP contribution in [0.25, 0.3) is 0 Å². The third-order valence-electron chi connectivity index (χ3n) is 3.13. The summed E-state index contributed by atoms with van der Waals surface area (Å²) in [5.74, 6) is -0.587. The van der Waals surface area contributed by atoms with Crippen LogP contribution in [0.5, 0.6) is 0 Å². The maximum atomic E-state index is 12.2. The van der Waals surface area contributed by atoms with E-state index in [1.54, 1.807) is 30.3 Å². The lowest BCUT2D eigenvalue weighted by Gasteiger charge is -2.33. The highest BCUT2D eigenvalue weighted by atomic mass is 16.3. The maximum Gasteiger partial charge on any atom is 0.245 e. The van der Waals surface area contributed by atoms with Crippen molar-refractivity contribution >= 4 is 5.91 Å². The zero-order valence-electron chi connectivity index (χ0n) is 10.8. The Bertz CT molecular complexity index is 408. The van der Waals surface area contributed by atoms with Crippen molar-refractivity contribution in [3.63, 3.8) is 0 Å². The van der Waals surface area contributed by atoms with Crippen LogP contribution in [0.15, 0.2) is 30.3 Å². The molecule has 1 aromatic carbocycles. The van der Waals surface area contributed by atoms with E-state index in [0.29, 0.717) is 5.56 Å². The topological polar surface area (TPSA) is 116 Å². The van der Waals surface area contributed by atoms with Gasteiger partial charge in [-0.2, -0.15) is 0 Å². The van der Waals surface area contributed by atoms with E-state index in [0.717, 1.165) is 0 Å². The minimum Gasteiger partial charge on any atom is -0.394 e. The molecule has 1 amide bonds. The number of benzene rings is 1. The van der Waals surface area contributed by atoms with Gasteiger partial charge in [-0.15, -0.1) is 0 Å². The van der Waals surface area contributed by atoms with Crippen LogP contribution in [0, 0.1) is 0 Å². The fraction of sp³-hybridized carbons (Fsp3) is 0.462. The normalized spacial score (nSPS) is 14.8. The van der Waals surface area contributed by atoms with Crippen molar-refractivity contribution < 1.29 is 20.1 Å². The standard InChI is InChI=1S/C13H20N2O4/c1-12(14,10-5-3-2-4-6-10)11(19)15-13(7-16,8-17)9-18/h2-6,16-18H,7-9,14H2,1H3,(H,15,19). The zero-order chi connectivity index (χ0) is 14.5. The van der Waals surface area contributed by atoms with Crippen LogP contribution in [0.3, 0.4) is 0 Å².